The zero-order valence-electron chi connectivity index (χ0n) is 17.3. The number of amides is 1. The first kappa shape index (κ1) is 21.0. The summed E-state index contributed by atoms with van der Waals surface area (Å²) in [6.45, 7) is 4.14. The molecule has 2 aromatic heterocycles. The van der Waals surface area contributed by atoms with E-state index in [1.54, 1.807) is 11.7 Å². The maximum Gasteiger partial charge on any atom is 0.246 e. The second-order valence-corrected chi connectivity index (χ2v) is 8.32. The van der Waals surface area contributed by atoms with Gasteiger partial charge in [-0.1, -0.05) is 23.8 Å². The van der Waals surface area contributed by atoms with Crippen molar-refractivity contribution in [2.24, 2.45) is 0 Å². The number of carbonyl (C=O) groups is 1. The van der Waals surface area contributed by atoms with Crippen molar-refractivity contribution < 1.29 is 9.53 Å². The van der Waals surface area contributed by atoms with Gasteiger partial charge in [0.15, 0.2) is 15.7 Å². The van der Waals surface area contributed by atoms with Gasteiger partial charge in [0.25, 0.3) is 0 Å². The minimum atomic E-state index is -0.228. The number of benzene rings is 2. The number of aromatic amines is 1. The Balaban J connectivity index is 1.50. The fraction of sp³-hybridized carbons (Fsp3) is 0.182. The Morgan fingerprint density at radius 2 is 2.00 bits per heavy atom. The Kier molecular flexibility index (Phi) is 5.97. The van der Waals surface area contributed by atoms with E-state index < -0.39 is 0 Å². The summed E-state index contributed by atoms with van der Waals surface area (Å²) < 4.78 is 7.22. The zero-order valence-corrected chi connectivity index (χ0v) is 18.9. The second kappa shape index (κ2) is 8.83. The van der Waals surface area contributed by atoms with E-state index in [4.69, 9.17) is 17.0 Å². The average molecular weight is 452 g/mol. The van der Waals surface area contributed by atoms with Crippen LogP contribution in [-0.2, 0) is 11.3 Å². The normalized spacial score (nSPS) is 10.8. The van der Waals surface area contributed by atoms with Gasteiger partial charge in [0.05, 0.1) is 12.8 Å². The summed E-state index contributed by atoms with van der Waals surface area (Å²) >= 11 is 6.72. The van der Waals surface area contributed by atoms with Crippen molar-refractivity contribution in [2.45, 2.75) is 20.4 Å². The molecule has 0 spiro atoms. The van der Waals surface area contributed by atoms with E-state index >= 15 is 0 Å². The van der Waals surface area contributed by atoms with Crippen molar-refractivity contribution in [3.63, 3.8) is 0 Å². The summed E-state index contributed by atoms with van der Waals surface area (Å²) in [6, 6.07) is 13.6. The molecule has 9 heteroatoms. The maximum absolute atomic E-state index is 12.7. The molecule has 158 valence electrons. The van der Waals surface area contributed by atoms with Crippen molar-refractivity contribution in [1.29, 1.82) is 0 Å². The van der Waals surface area contributed by atoms with Crippen LogP contribution in [0.5, 0.6) is 5.75 Å². The van der Waals surface area contributed by atoms with Crippen LogP contribution in [0, 0.1) is 18.6 Å². The summed E-state index contributed by atoms with van der Waals surface area (Å²) in [7, 11) is 1.61. The van der Waals surface area contributed by atoms with E-state index in [9.17, 15) is 4.79 Å². The second-order valence-electron chi connectivity index (χ2n) is 7.07. The maximum atomic E-state index is 12.7. The van der Waals surface area contributed by atoms with Crippen LogP contribution < -0.4 is 10.1 Å². The fourth-order valence-corrected chi connectivity index (χ4v) is 4.21. The summed E-state index contributed by atoms with van der Waals surface area (Å²) in [5, 5.41) is 12.4. The number of hydrogen-bond acceptors (Lipinski definition) is 6. The number of nitrogens with one attached hydrogen (secondary N) is 2. The molecule has 0 saturated carbocycles. The van der Waals surface area contributed by atoms with Gasteiger partial charge in [-0.05, 0) is 55.9 Å². The number of H-pyrrole nitrogens is 1. The van der Waals surface area contributed by atoms with Gasteiger partial charge in [-0.15, -0.1) is 11.3 Å². The van der Waals surface area contributed by atoms with Gasteiger partial charge in [0, 0.05) is 16.5 Å². The summed E-state index contributed by atoms with van der Waals surface area (Å²) in [6.07, 6.45) is 0. The molecule has 2 aromatic carbocycles. The predicted molar refractivity (Wildman–Crippen MR) is 125 cm³/mol. The van der Waals surface area contributed by atoms with E-state index in [2.05, 4.69) is 52.5 Å². The molecule has 0 fully saturated rings. The molecule has 1 amide bonds. The van der Waals surface area contributed by atoms with Crippen LogP contribution >= 0.6 is 23.6 Å². The van der Waals surface area contributed by atoms with Gasteiger partial charge < -0.3 is 10.1 Å². The Labute approximate surface area is 188 Å². The van der Waals surface area contributed by atoms with Crippen molar-refractivity contribution >= 4 is 34.6 Å². The Hall–Kier alpha value is -3.30. The Morgan fingerprint density at radius 3 is 2.71 bits per heavy atom. The largest absolute Gasteiger partial charge is 0.497 e. The molecule has 2 heterocycles. The lowest BCUT2D eigenvalue weighted by molar-refractivity contribution is -0.116. The monoisotopic (exact) mass is 451 g/mol. The van der Waals surface area contributed by atoms with E-state index in [-0.39, 0.29) is 12.5 Å². The molecule has 7 nitrogen and oxygen atoms in total. The molecule has 4 rings (SSSR count). The number of hydrogen-bond donors (Lipinski definition) is 2. The topological polar surface area (TPSA) is 84.8 Å². The SMILES string of the molecule is COc1ccc(-c2n[nH]c(=S)n2CC(=O)Nc2nc(-c3ccc(C)cc3C)cs2)cc1. The molecule has 0 radical (unpaired) electrons. The van der Waals surface area contributed by atoms with Crippen LogP contribution in [0.3, 0.4) is 0 Å². The molecular formula is C22H21N5O2S2. The van der Waals surface area contributed by atoms with Crippen LogP contribution in [0.2, 0.25) is 0 Å². The van der Waals surface area contributed by atoms with Gasteiger partial charge in [0.2, 0.25) is 5.91 Å². The van der Waals surface area contributed by atoms with Gasteiger partial charge in [-0.25, -0.2) is 4.98 Å². The van der Waals surface area contributed by atoms with Crippen molar-refractivity contribution in [3.05, 3.63) is 63.7 Å². The molecule has 0 bridgehead atoms. The number of methoxy groups -OCH3 is 1. The average Bonchev–Trinajstić information content (AvgIpc) is 3.35. The van der Waals surface area contributed by atoms with Crippen LogP contribution in [0.15, 0.2) is 47.8 Å². The van der Waals surface area contributed by atoms with E-state index in [0.29, 0.717) is 15.7 Å². The van der Waals surface area contributed by atoms with E-state index in [1.165, 1.54) is 16.9 Å². The first-order valence-electron chi connectivity index (χ1n) is 9.57. The van der Waals surface area contributed by atoms with Gasteiger partial charge in [0.1, 0.15) is 12.3 Å². The van der Waals surface area contributed by atoms with Crippen molar-refractivity contribution in [3.8, 4) is 28.4 Å². The molecule has 0 aliphatic carbocycles. The van der Waals surface area contributed by atoms with Crippen LogP contribution in [0.1, 0.15) is 11.1 Å². The zero-order chi connectivity index (χ0) is 22.0. The standard InChI is InChI=1S/C22H21N5O2S2/c1-13-4-9-17(14(2)10-13)18-12-31-21(23-18)24-19(28)11-27-20(25-26-22(27)30)15-5-7-16(29-3)8-6-15/h4-10,12H,11H2,1-3H3,(H,26,30)(H,23,24,28). The summed E-state index contributed by atoms with van der Waals surface area (Å²) in [4.78, 5) is 17.3. The molecule has 0 saturated heterocycles. The van der Waals surface area contributed by atoms with Crippen LogP contribution in [0.25, 0.3) is 22.6 Å². The highest BCUT2D eigenvalue weighted by Crippen LogP contribution is 2.28. The molecule has 0 atom stereocenters. The van der Waals surface area contributed by atoms with Crippen LogP contribution in [0.4, 0.5) is 5.13 Å². The molecule has 2 N–H and O–H groups in total. The molecule has 0 aliphatic rings. The highest BCUT2D eigenvalue weighted by molar-refractivity contribution is 7.71. The number of rotatable bonds is 6. The Bertz CT molecular complexity index is 1290. The van der Waals surface area contributed by atoms with Crippen molar-refractivity contribution in [1.82, 2.24) is 19.7 Å². The first-order chi connectivity index (χ1) is 14.9. The third-order valence-electron chi connectivity index (χ3n) is 4.82. The van der Waals surface area contributed by atoms with Gasteiger partial charge in [-0.3, -0.25) is 14.5 Å². The third kappa shape index (κ3) is 4.57. The lowest BCUT2D eigenvalue weighted by Crippen LogP contribution is -2.19. The number of thiazole rings is 1. The molecular weight excluding hydrogens is 430 g/mol. The van der Waals surface area contributed by atoms with Gasteiger partial charge in [-0.2, -0.15) is 5.10 Å². The lowest BCUT2D eigenvalue weighted by Gasteiger charge is -2.07. The van der Waals surface area contributed by atoms with Gasteiger partial charge >= 0.3 is 0 Å². The third-order valence-corrected chi connectivity index (χ3v) is 5.89. The van der Waals surface area contributed by atoms with E-state index in [0.717, 1.165) is 28.1 Å². The number of nitrogens with zero attached hydrogens (tertiary/aromatic N) is 3. The lowest BCUT2D eigenvalue weighted by atomic mass is 10.0. The fourth-order valence-electron chi connectivity index (χ4n) is 3.28. The minimum absolute atomic E-state index is 0.0230. The molecule has 0 aliphatic heterocycles. The smallest absolute Gasteiger partial charge is 0.246 e. The highest BCUT2D eigenvalue weighted by atomic mass is 32.1. The molecule has 4 aromatic rings. The quantitative estimate of drug-likeness (QED) is 0.403. The summed E-state index contributed by atoms with van der Waals surface area (Å²) in [5.74, 6) is 1.09. The number of ether oxygens (including phenoxy) is 1. The number of anilines is 1. The number of aryl methyl sites for hydroxylation is 2. The molecule has 0 unspecified atom stereocenters. The first-order valence-corrected chi connectivity index (χ1v) is 10.9. The molecule has 31 heavy (non-hydrogen) atoms. The number of aromatic nitrogens is 4. The predicted octanol–water partition coefficient (Wildman–Crippen LogP) is 5.00. The highest BCUT2D eigenvalue weighted by Gasteiger charge is 2.15. The minimum Gasteiger partial charge on any atom is -0.497 e. The van der Waals surface area contributed by atoms with E-state index in [1.807, 2.05) is 29.6 Å². The Morgan fingerprint density at radius 1 is 1.23 bits per heavy atom. The van der Waals surface area contributed by atoms with Crippen molar-refractivity contribution in [2.75, 3.05) is 12.4 Å². The number of carbonyl (C=O) groups excluding carboxylic acids is 1. The van der Waals surface area contributed by atoms with Crippen LogP contribution in [-0.4, -0.2) is 32.8 Å². The summed E-state index contributed by atoms with van der Waals surface area (Å²) in [5.41, 5.74) is 5.08.